The molecule has 4 amide bonds. The van der Waals surface area contributed by atoms with Gasteiger partial charge in [0.1, 0.15) is 12.3 Å². The van der Waals surface area contributed by atoms with Gasteiger partial charge in [0.05, 0.1) is 12.8 Å². The summed E-state index contributed by atoms with van der Waals surface area (Å²) in [5.41, 5.74) is 1.21. The van der Waals surface area contributed by atoms with E-state index in [1.54, 1.807) is 30.3 Å². The molecule has 3 aromatic rings. The molecule has 0 bridgehead atoms. The van der Waals surface area contributed by atoms with Crippen molar-refractivity contribution in [3.63, 3.8) is 0 Å². The van der Waals surface area contributed by atoms with E-state index in [2.05, 4.69) is 5.32 Å². The van der Waals surface area contributed by atoms with Crippen LogP contribution in [0.15, 0.2) is 78.9 Å². The summed E-state index contributed by atoms with van der Waals surface area (Å²) in [6, 6.07) is 19.3. The normalized spacial score (nSPS) is 14.1. The number of benzene rings is 3. The number of rotatable bonds is 8. The zero-order valence-corrected chi connectivity index (χ0v) is 19.6. The van der Waals surface area contributed by atoms with E-state index >= 15 is 0 Å². The predicted molar refractivity (Wildman–Crippen MR) is 130 cm³/mol. The summed E-state index contributed by atoms with van der Waals surface area (Å²) in [5.74, 6) is -1.89. The summed E-state index contributed by atoms with van der Waals surface area (Å²) in [4.78, 5) is 55.2. The third-order valence-corrected chi connectivity index (χ3v) is 5.76. The Hall–Kier alpha value is -4.17. The molecule has 1 saturated heterocycles. The molecule has 1 heterocycles. The average molecular weight is 492 g/mol. The molecule has 0 saturated carbocycles. The van der Waals surface area contributed by atoms with Gasteiger partial charge in [-0.2, -0.15) is 0 Å². The van der Waals surface area contributed by atoms with Crippen molar-refractivity contribution in [1.29, 1.82) is 0 Å². The van der Waals surface area contributed by atoms with E-state index in [0.29, 0.717) is 10.8 Å². The second kappa shape index (κ2) is 10.4. The third kappa shape index (κ3) is 5.17. The molecule has 0 spiro atoms. The first-order valence-corrected chi connectivity index (χ1v) is 11.2. The standard InChI is InChI=1S/C26H22ClN3O5/c1-35-21-13-12-19(27)14-20(21)28-25(33)23(24(32)18-10-6-3-7-11-18)30-22(31)16-29(26(30)34)15-17-8-4-2-5-9-17/h2-14,23H,15-16H2,1H3,(H,28,33). The maximum Gasteiger partial charge on any atom is 0.328 e. The smallest absolute Gasteiger partial charge is 0.328 e. The molecule has 3 aromatic carbocycles. The summed E-state index contributed by atoms with van der Waals surface area (Å²) in [7, 11) is 1.42. The zero-order valence-electron chi connectivity index (χ0n) is 18.8. The van der Waals surface area contributed by atoms with Gasteiger partial charge in [-0.1, -0.05) is 72.3 Å². The number of nitrogens with one attached hydrogen (secondary N) is 1. The maximum atomic E-state index is 13.5. The number of carbonyl (C=O) groups excluding carboxylic acids is 4. The fourth-order valence-electron chi connectivity index (χ4n) is 3.84. The number of Topliss-reactive ketones (excluding diaryl/α,β-unsaturated/α-hetero) is 1. The lowest BCUT2D eigenvalue weighted by atomic mass is 10.0. The van der Waals surface area contributed by atoms with Crippen LogP contribution in [0.25, 0.3) is 0 Å². The minimum absolute atomic E-state index is 0.165. The van der Waals surface area contributed by atoms with Crippen molar-refractivity contribution < 1.29 is 23.9 Å². The summed E-state index contributed by atoms with van der Waals surface area (Å²) in [6.07, 6.45) is 0. The van der Waals surface area contributed by atoms with Crippen LogP contribution in [0.2, 0.25) is 5.02 Å². The van der Waals surface area contributed by atoms with Gasteiger partial charge in [-0.3, -0.25) is 14.4 Å². The molecule has 0 aliphatic carbocycles. The molecular weight excluding hydrogens is 470 g/mol. The van der Waals surface area contributed by atoms with Crippen molar-refractivity contribution in [3.05, 3.63) is 95.0 Å². The lowest BCUT2D eigenvalue weighted by Crippen LogP contribution is -2.52. The number of anilines is 1. The molecule has 1 aliphatic heterocycles. The Balaban J connectivity index is 1.67. The van der Waals surface area contributed by atoms with Crippen LogP contribution in [0.3, 0.4) is 0 Å². The van der Waals surface area contributed by atoms with Crippen LogP contribution in [-0.4, -0.2) is 53.1 Å². The Labute approximate surface area is 207 Å². The van der Waals surface area contributed by atoms with Gasteiger partial charge in [0, 0.05) is 17.1 Å². The van der Waals surface area contributed by atoms with Crippen LogP contribution in [0.1, 0.15) is 15.9 Å². The molecule has 9 heteroatoms. The third-order valence-electron chi connectivity index (χ3n) is 5.52. The summed E-state index contributed by atoms with van der Waals surface area (Å²) >= 11 is 6.07. The summed E-state index contributed by atoms with van der Waals surface area (Å²) in [5, 5.41) is 2.93. The van der Waals surface area contributed by atoms with Crippen LogP contribution in [0.4, 0.5) is 10.5 Å². The maximum absolute atomic E-state index is 13.5. The first-order valence-electron chi connectivity index (χ1n) is 10.8. The van der Waals surface area contributed by atoms with Crippen molar-refractivity contribution in [2.45, 2.75) is 12.6 Å². The van der Waals surface area contributed by atoms with E-state index in [9.17, 15) is 19.2 Å². The largest absolute Gasteiger partial charge is 0.495 e. The molecule has 1 aliphatic rings. The highest BCUT2D eigenvalue weighted by molar-refractivity contribution is 6.31. The van der Waals surface area contributed by atoms with Crippen molar-refractivity contribution in [2.75, 3.05) is 19.0 Å². The number of halogens is 1. The predicted octanol–water partition coefficient (Wildman–Crippen LogP) is 4.00. The Kier molecular flexibility index (Phi) is 7.12. The van der Waals surface area contributed by atoms with Crippen LogP contribution in [0.5, 0.6) is 5.75 Å². The van der Waals surface area contributed by atoms with Gasteiger partial charge in [-0.25, -0.2) is 9.69 Å². The minimum Gasteiger partial charge on any atom is -0.495 e. The van der Waals surface area contributed by atoms with E-state index in [-0.39, 0.29) is 24.3 Å². The number of amides is 4. The van der Waals surface area contributed by atoms with Crippen molar-refractivity contribution in [3.8, 4) is 5.75 Å². The van der Waals surface area contributed by atoms with Crippen LogP contribution >= 0.6 is 11.6 Å². The number of methoxy groups -OCH3 is 1. The fraction of sp³-hybridized carbons (Fsp3) is 0.154. The van der Waals surface area contributed by atoms with E-state index < -0.39 is 29.7 Å². The number of hydrogen-bond acceptors (Lipinski definition) is 5. The van der Waals surface area contributed by atoms with E-state index in [0.717, 1.165) is 10.5 Å². The van der Waals surface area contributed by atoms with Gasteiger partial charge in [0.15, 0.2) is 11.8 Å². The molecular formula is C26H22ClN3O5. The van der Waals surface area contributed by atoms with Gasteiger partial charge in [-0.15, -0.1) is 0 Å². The molecule has 0 aromatic heterocycles. The van der Waals surface area contributed by atoms with Crippen LogP contribution < -0.4 is 10.1 Å². The van der Waals surface area contributed by atoms with Gasteiger partial charge in [0.2, 0.25) is 0 Å². The summed E-state index contributed by atoms with van der Waals surface area (Å²) < 4.78 is 5.26. The molecule has 0 radical (unpaired) electrons. The minimum atomic E-state index is -1.72. The number of nitrogens with zero attached hydrogens (tertiary/aromatic N) is 2. The number of ketones is 1. The van der Waals surface area contributed by atoms with Crippen LogP contribution in [-0.2, 0) is 16.1 Å². The van der Waals surface area contributed by atoms with Gasteiger partial charge < -0.3 is 15.0 Å². The topological polar surface area (TPSA) is 96.0 Å². The van der Waals surface area contributed by atoms with Gasteiger partial charge >= 0.3 is 6.03 Å². The molecule has 1 fully saturated rings. The van der Waals surface area contributed by atoms with Crippen molar-refractivity contribution >= 4 is 40.9 Å². The van der Waals surface area contributed by atoms with E-state index in [1.807, 2.05) is 30.3 Å². The Morgan fingerprint density at radius 2 is 1.66 bits per heavy atom. The number of imide groups is 1. The average Bonchev–Trinajstić information content (AvgIpc) is 3.13. The Bertz CT molecular complexity index is 1270. The molecule has 178 valence electrons. The highest BCUT2D eigenvalue weighted by Gasteiger charge is 2.47. The highest BCUT2D eigenvalue weighted by atomic mass is 35.5. The molecule has 1 unspecified atom stereocenters. The molecule has 1 atom stereocenters. The SMILES string of the molecule is COc1ccc(Cl)cc1NC(=O)C(C(=O)c1ccccc1)N1C(=O)CN(Cc2ccccc2)C1=O. The number of carbonyl (C=O) groups is 4. The van der Waals surface area contributed by atoms with Crippen molar-refractivity contribution in [1.82, 2.24) is 9.80 Å². The quantitative estimate of drug-likeness (QED) is 0.292. The number of ether oxygens (including phenoxy) is 1. The lowest BCUT2D eigenvalue weighted by Gasteiger charge is -2.25. The molecule has 35 heavy (non-hydrogen) atoms. The molecule has 1 N–H and O–H groups in total. The lowest BCUT2D eigenvalue weighted by molar-refractivity contribution is -0.131. The first kappa shape index (κ1) is 24.0. The number of urea groups is 1. The highest BCUT2D eigenvalue weighted by Crippen LogP contribution is 2.29. The van der Waals surface area contributed by atoms with Gasteiger partial charge in [-0.05, 0) is 23.8 Å². The zero-order chi connectivity index (χ0) is 24.9. The molecule has 4 rings (SSSR count). The van der Waals surface area contributed by atoms with Crippen LogP contribution in [0, 0.1) is 0 Å². The molecule has 8 nitrogen and oxygen atoms in total. The second-order valence-electron chi connectivity index (χ2n) is 7.85. The fourth-order valence-corrected chi connectivity index (χ4v) is 4.01. The van der Waals surface area contributed by atoms with Gasteiger partial charge in [0.25, 0.3) is 11.8 Å². The first-order chi connectivity index (χ1) is 16.9. The second-order valence-corrected chi connectivity index (χ2v) is 8.29. The Morgan fingerprint density at radius 3 is 2.31 bits per heavy atom. The van der Waals surface area contributed by atoms with E-state index in [1.165, 1.54) is 30.2 Å². The monoisotopic (exact) mass is 491 g/mol. The summed E-state index contributed by atoms with van der Waals surface area (Å²) in [6.45, 7) is -0.0854. The Morgan fingerprint density at radius 1 is 1.00 bits per heavy atom. The van der Waals surface area contributed by atoms with E-state index in [4.69, 9.17) is 16.3 Å². The van der Waals surface area contributed by atoms with Crippen molar-refractivity contribution in [2.24, 2.45) is 0 Å². The number of hydrogen-bond donors (Lipinski definition) is 1.